The van der Waals surface area contributed by atoms with Crippen LogP contribution in [0.25, 0.3) is 10.9 Å². The molecule has 0 aliphatic carbocycles. The molecule has 1 amide bonds. The molecule has 0 aliphatic heterocycles. The van der Waals surface area contributed by atoms with Gasteiger partial charge in [-0.25, -0.2) is 4.39 Å². The van der Waals surface area contributed by atoms with Gasteiger partial charge in [0.25, 0.3) is 5.91 Å². The van der Waals surface area contributed by atoms with Gasteiger partial charge in [0, 0.05) is 16.6 Å². The number of hydrogen-bond acceptors (Lipinski definition) is 3. The van der Waals surface area contributed by atoms with E-state index in [-0.39, 0.29) is 24.0 Å². The van der Waals surface area contributed by atoms with Crippen molar-refractivity contribution in [1.82, 2.24) is 4.98 Å². The van der Waals surface area contributed by atoms with Crippen molar-refractivity contribution in [3.05, 3.63) is 77.8 Å². The summed E-state index contributed by atoms with van der Waals surface area (Å²) >= 11 is 0. The average Bonchev–Trinajstić information content (AvgIpc) is 2.70. The van der Waals surface area contributed by atoms with Gasteiger partial charge in [0.1, 0.15) is 6.61 Å². The summed E-state index contributed by atoms with van der Waals surface area (Å²) in [6.45, 7) is 4.28. The van der Waals surface area contributed by atoms with Crippen molar-refractivity contribution in [2.75, 3.05) is 11.9 Å². The van der Waals surface area contributed by atoms with Crippen LogP contribution in [-0.2, 0) is 0 Å². The SMILES string of the molecule is CCCC=CCOc1cccc(NC(=O)c2ccc3nc(C)ccc3c2)c1F. The van der Waals surface area contributed by atoms with E-state index in [4.69, 9.17) is 4.74 Å². The normalized spacial score (nSPS) is 11.1. The van der Waals surface area contributed by atoms with E-state index < -0.39 is 5.82 Å². The molecule has 0 atom stereocenters. The molecule has 0 saturated carbocycles. The van der Waals surface area contributed by atoms with Crippen molar-refractivity contribution in [2.24, 2.45) is 0 Å². The van der Waals surface area contributed by atoms with Crippen LogP contribution in [0.5, 0.6) is 5.75 Å². The fourth-order valence-corrected chi connectivity index (χ4v) is 2.77. The van der Waals surface area contributed by atoms with Crippen molar-refractivity contribution in [2.45, 2.75) is 26.7 Å². The Labute approximate surface area is 164 Å². The van der Waals surface area contributed by atoms with Gasteiger partial charge in [0.2, 0.25) is 0 Å². The number of pyridine rings is 1. The quantitative estimate of drug-likeness (QED) is 0.539. The Bertz CT molecular complexity index is 1010. The molecule has 0 aliphatic rings. The highest BCUT2D eigenvalue weighted by Crippen LogP contribution is 2.25. The van der Waals surface area contributed by atoms with Gasteiger partial charge >= 0.3 is 0 Å². The number of anilines is 1. The predicted octanol–water partition coefficient (Wildman–Crippen LogP) is 5.67. The second kappa shape index (κ2) is 9.13. The highest BCUT2D eigenvalue weighted by Gasteiger charge is 2.13. The van der Waals surface area contributed by atoms with Crippen LogP contribution in [0.15, 0.2) is 60.7 Å². The molecule has 144 valence electrons. The summed E-state index contributed by atoms with van der Waals surface area (Å²) in [6, 6.07) is 13.7. The minimum atomic E-state index is -0.585. The molecular weight excluding hydrogens is 355 g/mol. The Hall–Kier alpha value is -3.21. The number of unbranched alkanes of at least 4 members (excludes halogenated alkanes) is 1. The van der Waals surface area contributed by atoms with Crippen LogP contribution in [0.4, 0.5) is 10.1 Å². The third kappa shape index (κ3) is 4.74. The number of amides is 1. The Balaban J connectivity index is 1.73. The van der Waals surface area contributed by atoms with E-state index >= 15 is 0 Å². The zero-order chi connectivity index (χ0) is 19.9. The van der Waals surface area contributed by atoms with E-state index in [1.807, 2.05) is 31.2 Å². The topological polar surface area (TPSA) is 51.2 Å². The number of aryl methyl sites for hydroxylation is 1. The van der Waals surface area contributed by atoms with Crippen molar-refractivity contribution in [3.8, 4) is 5.75 Å². The van der Waals surface area contributed by atoms with Gasteiger partial charge in [-0.3, -0.25) is 9.78 Å². The van der Waals surface area contributed by atoms with Crippen molar-refractivity contribution in [1.29, 1.82) is 0 Å². The third-order valence-electron chi connectivity index (χ3n) is 4.26. The van der Waals surface area contributed by atoms with Gasteiger partial charge in [-0.2, -0.15) is 0 Å². The lowest BCUT2D eigenvalue weighted by Gasteiger charge is -2.11. The van der Waals surface area contributed by atoms with Gasteiger partial charge in [-0.05, 0) is 49.7 Å². The maximum absolute atomic E-state index is 14.6. The second-order valence-electron chi connectivity index (χ2n) is 6.50. The van der Waals surface area contributed by atoms with Crippen LogP contribution in [0.1, 0.15) is 35.8 Å². The van der Waals surface area contributed by atoms with Gasteiger partial charge in [0.05, 0.1) is 11.2 Å². The average molecular weight is 378 g/mol. The molecule has 1 heterocycles. The van der Waals surface area contributed by atoms with E-state index in [2.05, 4.69) is 17.2 Å². The molecular formula is C23H23FN2O2. The minimum absolute atomic E-state index is 0.0853. The highest BCUT2D eigenvalue weighted by atomic mass is 19.1. The summed E-state index contributed by atoms with van der Waals surface area (Å²) in [5.41, 5.74) is 2.25. The summed E-state index contributed by atoms with van der Waals surface area (Å²) < 4.78 is 20.1. The van der Waals surface area contributed by atoms with Crippen molar-refractivity contribution >= 4 is 22.5 Å². The summed E-state index contributed by atoms with van der Waals surface area (Å²) in [5.74, 6) is -0.865. The van der Waals surface area contributed by atoms with Gasteiger partial charge in [0.15, 0.2) is 11.6 Å². The molecule has 28 heavy (non-hydrogen) atoms. The number of nitrogens with one attached hydrogen (secondary N) is 1. The van der Waals surface area contributed by atoms with Crippen LogP contribution in [0, 0.1) is 12.7 Å². The Morgan fingerprint density at radius 3 is 2.86 bits per heavy atom. The number of halogens is 1. The standard InChI is InChI=1S/C23H23FN2O2/c1-3-4-5-6-14-28-21-9-7-8-20(22(21)24)26-23(27)18-12-13-19-17(15-18)11-10-16(2)25-19/h5-13,15H,3-4,14H2,1-2H3,(H,26,27). The number of hydrogen-bond donors (Lipinski definition) is 1. The van der Waals surface area contributed by atoms with Gasteiger partial charge in [-0.15, -0.1) is 0 Å². The van der Waals surface area contributed by atoms with Crippen LogP contribution >= 0.6 is 0 Å². The lowest BCUT2D eigenvalue weighted by molar-refractivity contribution is 0.102. The summed E-state index contributed by atoms with van der Waals surface area (Å²) in [5, 5.41) is 3.48. The van der Waals surface area contributed by atoms with Gasteiger partial charge in [-0.1, -0.05) is 37.6 Å². The fraction of sp³-hybridized carbons (Fsp3) is 0.217. The molecule has 0 radical (unpaired) electrons. The molecule has 0 saturated heterocycles. The summed E-state index contributed by atoms with van der Waals surface area (Å²) in [4.78, 5) is 17.0. The molecule has 1 aromatic heterocycles. The number of allylic oxidation sites excluding steroid dienone is 1. The first kappa shape index (κ1) is 19.5. The molecule has 2 aromatic carbocycles. The van der Waals surface area contributed by atoms with E-state index in [0.717, 1.165) is 29.4 Å². The van der Waals surface area contributed by atoms with Gasteiger partial charge < -0.3 is 10.1 Å². The molecule has 3 rings (SSSR count). The number of carbonyl (C=O) groups is 1. The number of rotatable bonds is 7. The molecule has 1 N–H and O–H groups in total. The first-order valence-electron chi connectivity index (χ1n) is 9.33. The highest BCUT2D eigenvalue weighted by molar-refractivity contribution is 6.06. The smallest absolute Gasteiger partial charge is 0.255 e. The third-order valence-corrected chi connectivity index (χ3v) is 4.26. The number of carbonyl (C=O) groups excluding carboxylic acids is 1. The van der Waals surface area contributed by atoms with Crippen molar-refractivity contribution in [3.63, 3.8) is 0 Å². The molecule has 5 heteroatoms. The molecule has 0 fully saturated rings. The Kier molecular flexibility index (Phi) is 6.37. The maximum Gasteiger partial charge on any atom is 0.255 e. The van der Waals surface area contributed by atoms with Crippen LogP contribution in [0.2, 0.25) is 0 Å². The number of aromatic nitrogens is 1. The first-order valence-corrected chi connectivity index (χ1v) is 9.33. The minimum Gasteiger partial charge on any atom is -0.486 e. The molecule has 0 unspecified atom stereocenters. The van der Waals surface area contributed by atoms with Crippen molar-refractivity contribution < 1.29 is 13.9 Å². The van der Waals surface area contributed by atoms with E-state index in [1.54, 1.807) is 30.3 Å². The van der Waals surface area contributed by atoms with E-state index in [9.17, 15) is 9.18 Å². The lowest BCUT2D eigenvalue weighted by Crippen LogP contribution is -2.13. The summed E-state index contributed by atoms with van der Waals surface area (Å²) in [7, 11) is 0. The zero-order valence-corrected chi connectivity index (χ0v) is 16.0. The van der Waals surface area contributed by atoms with Crippen LogP contribution in [-0.4, -0.2) is 17.5 Å². The fourth-order valence-electron chi connectivity index (χ4n) is 2.77. The number of fused-ring (bicyclic) bond motifs is 1. The Morgan fingerprint density at radius 1 is 1.18 bits per heavy atom. The predicted molar refractivity (Wildman–Crippen MR) is 110 cm³/mol. The second-order valence-corrected chi connectivity index (χ2v) is 6.50. The molecule has 0 spiro atoms. The number of benzene rings is 2. The van der Waals surface area contributed by atoms with Crippen LogP contribution < -0.4 is 10.1 Å². The molecule has 4 nitrogen and oxygen atoms in total. The first-order chi connectivity index (χ1) is 13.6. The lowest BCUT2D eigenvalue weighted by atomic mass is 10.1. The van der Waals surface area contributed by atoms with E-state index in [0.29, 0.717) is 5.56 Å². The number of ether oxygens (including phenoxy) is 1. The summed E-state index contributed by atoms with van der Waals surface area (Å²) in [6.07, 6.45) is 5.87. The molecule has 0 bridgehead atoms. The maximum atomic E-state index is 14.6. The monoisotopic (exact) mass is 378 g/mol. The molecule has 3 aromatic rings. The number of nitrogens with zero attached hydrogens (tertiary/aromatic N) is 1. The van der Waals surface area contributed by atoms with Crippen LogP contribution in [0.3, 0.4) is 0 Å². The zero-order valence-electron chi connectivity index (χ0n) is 16.0. The largest absolute Gasteiger partial charge is 0.486 e. The Morgan fingerprint density at radius 2 is 2.04 bits per heavy atom. The van der Waals surface area contributed by atoms with E-state index in [1.165, 1.54) is 6.07 Å².